The first kappa shape index (κ1) is 20.1. The van der Waals surface area contributed by atoms with Gasteiger partial charge in [-0.1, -0.05) is 18.2 Å². The molecule has 29 heavy (non-hydrogen) atoms. The van der Waals surface area contributed by atoms with Gasteiger partial charge >= 0.3 is 6.18 Å². The van der Waals surface area contributed by atoms with Crippen molar-refractivity contribution in [3.63, 3.8) is 0 Å². The highest BCUT2D eigenvalue weighted by Crippen LogP contribution is 2.37. The van der Waals surface area contributed by atoms with Crippen LogP contribution in [0.5, 0.6) is 0 Å². The van der Waals surface area contributed by atoms with E-state index in [-0.39, 0.29) is 22.9 Å². The zero-order valence-electron chi connectivity index (χ0n) is 15.3. The SMILES string of the molecule is Cn1c(C[C@H]2CCS(=O)(=O)C2)nnc1Sc1cc(C(F)(F)F)nc2ccccc12. The van der Waals surface area contributed by atoms with Gasteiger partial charge in [0.1, 0.15) is 11.5 Å². The minimum atomic E-state index is -4.56. The van der Waals surface area contributed by atoms with Crippen LogP contribution in [0.1, 0.15) is 17.9 Å². The topological polar surface area (TPSA) is 77.7 Å². The summed E-state index contributed by atoms with van der Waals surface area (Å²) in [6, 6.07) is 7.65. The number of rotatable bonds is 4. The average Bonchev–Trinajstić information content (AvgIpc) is 3.17. The Morgan fingerprint density at radius 2 is 2.00 bits per heavy atom. The van der Waals surface area contributed by atoms with Gasteiger partial charge in [0.25, 0.3) is 0 Å². The quantitative estimate of drug-likeness (QED) is 0.615. The Labute approximate surface area is 169 Å². The molecular formula is C18H17F3N4O2S2. The first-order chi connectivity index (χ1) is 13.6. The largest absolute Gasteiger partial charge is 0.433 e. The molecule has 0 unspecified atom stereocenters. The molecule has 2 aromatic heterocycles. The van der Waals surface area contributed by atoms with Crippen LogP contribution >= 0.6 is 11.8 Å². The second-order valence-corrected chi connectivity index (χ2v) is 10.3. The monoisotopic (exact) mass is 442 g/mol. The lowest BCUT2D eigenvalue weighted by molar-refractivity contribution is -0.141. The summed E-state index contributed by atoms with van der Waals surface area (Å²) in [6.07, 6.45) is -3.51. The lowest BCUT2D eigenvalue weighted by Crippen LogP contribution is -2.11. The lowest BCUT2D eigenvalue weighted by Gasteiger charge is -2.11. The number of pyridine rings is 1. The number of fused-ring (bicyclic) bond motifs is 1. The fraction of sp³-hybridized carbons (Fsp3) is 0.389. The molecule has 0 bridgehead atoms. The summed E-state index contributed by atoms with van der Waals surface area (Å²) < 4.78 is 64.8. The third-order valence-corrected chi connectivity index (χ3v) is 7.83. The maximum atomic E-state index is 13.3. The van der Waals surface area contributed by atoms with Gasteiger partial charge in [0.15, 0.2) is 15.0 Å². The van der Waals surface area contributed by atoms with E-state index in [9.17, 15) is 21.6 Å². The Hall–Kier alpha value is -2.14. The zero-order chi connectivity index (χ0) is 20.8. The van der Waals surface area contributed by atoms with E-state index < -0.39 is 21.7 Å². The lowest BCUT2D eigenvalue weighted by atomic mass is 10.1. The number of hydrogen-bond donors (Lipinski definition) is 0. The highest BCUT2D eigenvalue weighted by atomic mass is 32.2. The van der Waals surface area contributed by atoms with E-state index in [4.69, 9.17) is 0 Å². The molecule has 1 aromatic carbocycles. The molecule has 0 N–H and O–H groups in total. The van der Waals surface area contributed by atoms with Gasteiger partial charge in [0, 0.05) is 23.8 Å². The Balaban J connectivity index is 1.65. The predicted molar refractivity (Wildman–Crippen MR) is 102 cm³/mol. The molecule has 6 nitrogen and oxygen atoms in total. The first-order valence-electron chi connectivity index (χ1n) is 8.86. The van der Waals surface area contributed by atoms with Crippen molar-refractivity contribution < 1.29 is 21.6 Å². The summed E-state index contributed by atoms with van der Waals surface area (Å²) in [7, 11) is -1.26. The summed E-state index contributed by atoms with van der Waals surface area (Å²) >= 11 is 1.08. The van der Waals surface area contributed by atoms with Gasteiger partial charge in [-0.05, 0) is 36.2 Å². The van der Waals surface area contributed by atoms with Crippen LogP contribution in [0.25, 0.3) is 10.9 Å². The molecule has 1 atom stereocenters. The van der Waals surface area contributed by atoms with E-state index in [1.807, 2.05) is 0 Å². The summed E-state index contributed by atoms with van der Waals surface area (Å²) in [6.45, 7) is 0. The van der Waals surface area contributed by atoms with Crippen LogP contribution in [0.2, 0.25) is 0 Å². The van der Waals surface area contributed by atoms with Gasteiger partial charge in [-0.15, -0.1) is 10.2 Å². The second-order valence-electron chi connectivity index (χ2n) is 7.05. The predicted octanol–water partition coefficient (Wildman–Crippen LogP) is 3.51. The summed E-state index contributed by atoms with van der Waals surface area (Å²) in [5.41, 5.74) is -0.708. The van der Waals surface area contributed by atoms with Crippen molar-refractivity contribution in [2.75, 3.05) is 11.5 Å². The molecule has 3 heterocycles. The van der Waals surface area contributed by atoms with Crippen LogP contribution in [-0.4, -0.2) is 39.7 Å². The van der Waals surface area contributed by atoms with Crippen molar-refractivity contribution in [2.45, 2.75) is 29.1 Å². The zero-order valence-corrected chi connectivity index (χ0v) is 17.0. The molecule has 4 rings (SSSR count). The van der Waals surface area contributed by atoms with Crippen LogP contribution in [0.15, 0.2) is 40.4 Å². The van der Waals surface area contributed by atoms with Crippen LogP contribution in [0.4, 0.5) is 13.2 Å². The molecule has 11 heteroatoms. The van der Waals surface area contributed by atoms with Crippen molar-refractivity contribution in [1.82, 2.24) is 19.7 Å². The normalized spacial score (nSPS) is 19.1. The number of aromatic nitrogens is 4. The molecule has 1 saturated heterocycles. The van der Waals surface area contributed by atoms with Gasteiger partial charge < -0.3 is 4.57 Å². The maximum Gasteiger partial charge on any atom is 0.433 e. The molecule has 154 valence electrons. The summed E-state index contributed by atoms with van der Waals surface area (Å²) in [4.78, 5) is 4.10. The molecular weight excluding hydrogens is 425 g/mol. The second kappa shape index (κ2) is 7.28. The minimum absolute atomic E-state index is 0.0145. The van der Waals surface area contributed by atoms with Gasteiger partial charge in [-0.25, -0.2) is 13.4 Å². The van der Waals surface area contributed by atoms with E-state index >= 15 is 0 Å². The van der Waals surface area contributed by atoms with E-state index in [2.05, 4.69) is 15.2 Å². The van der Waals surface area contributed by atoms with Crippen molar-refractivity contribution >= 4 is 32.5 Å². The van der Waals surface area contributed by atoms with Crippen molar-refractivity contribution in [2.24, 2.45) is 13.0 Å². The molecule has 0 radical (unpaired) electrons. The smallest absolute Gasteiger partial charge is 0.309 e. The van der Waals surface area contributed by atoms with E-state index in [0.29, 0.717) is 34.1 Å². The fourth-order valence-electron chi connectivity index (χ4n) is 3.37. The van der Waals surface area contributed by atoms with Gasteiger partial charge in [0.2, 0.25) is 0 Å². The molecule has 0 amide bonds. The average molecular weight is 442 g/mol. The van der Waals surface area contributed by atoms with E-state index in [0.717, 1.165) is 17.8 Å². The van der Waals surface area contributed by atoms with Gasteiger partial charge in [0.05, 0.1) is 17.0 Å². The number of halogens is 3. The number of para-hydroxylation sites is 1. The van der Waals surface area contributed by atoms with E-state index in [1.54, 1.807) is 29.8 Å². The van der Waals surface area contributed by atoms with Crippen LogP contribution in [0, 0.1) is 5.92 Å². The summed E-state index contributed by atoms with van der Waals surface area (Å²) in [5.74, 6) is 0.912. The standard InChI is InChI=1S/C18H17F3N4O2S2/c1-25-16(8-11-6-7-29(26,27)10-11)23-24-17(25)28-14-9-15(18(19,20)21)22-13-5-3-2-4-12(13)14/h2-5,9,11H,6-8,10H2,1H3/t11-/m1/s1. The number of alkyl halides is 3. The Bertz CT molecular complexity index is 1180. The highest BCUT2D eigenvalue weighted by molar-refractivity contribution is 7.99. The van der Waals surface area contributed by atoms with Crippen molar-refractivity contribution in [3.05, 3.63) is 41.9 Å². The van der Waals surface area contributed by atoms with Crippen LogP contribution in [0.3, 0.4) is 0 Å². The number of sulfone groups is 1. The van der Waals surface area contributed by atoms with Crippen LogP contribution in [-0.2, 0) is 29.5 Å². The Kier molecular flexibility index (Phi) is 5.06. The fourth-order valence-corrected chi connectivity index (χ4v) is 6.21. The minimum Gasteiger partial charge on any atom is -0.309 e. The molecule has 3 aromatic rings. The Morgan fingerprint density at radius 1 is 1.24 bits per heavy atom. The molecule has 1 fully saturated rings. The number of nitrogens with zero attached hydrogens (tertiary/aromatic N) is 4. The van der Waals surface area contributed by atoms with Crippen molar-refractivity contribution in [3.8, 4) is 0 Å². The molecule has 0 saturated carbocycles. The Morgan fingerprint density at radius 3 is 2.69 bits per heavy atom. The third kappa shape index (κ3) is 4.25. The maximum absolute atomic E-state index is 13.3. The van der Waals surface area contributed by atoms with E-state index in [1.165, 1.54) is 6.07 Å². The summed E-state index contributed by atoms with van der Waals surface area (Å²) in [5, 5.41) is 9.28. The molecule has 0 spiro atoms. The first-order valence-corrected chi connectivity index (χ1v) is 11.5. The van der Waals surface area contributed by atoms with Gasteiger partial charge in [-0.2, -0.15) is 13.2 Å². The number of benzene rings is 1. The van der Waals surface area contributed by atoms with Gasteiger partial charge in [-0.3, -0.25) is 0 Å². The highest BCUT2D eigenvalue weighted by Gasteiger charge is 2.34. The van der Waals surface area contributed by atoms with Crippen molar-refractivity contribution in [1.29, 1.82) is 0 Å². The molecule has 1 aliphatic rings. The molecule has 0 aliphatic carbocycles. The number of hydrogen-bond acceptors (Lipinski definition) is 6. The third-order valence-electron chi connectivity index (χ3n) is 4.89. The van der Waals surface area contributed by atoms with Crippen LogP contribution < -0.4 is 0 Å². The molecule has 1 aliphatic heterocycles.